The lowest BCUT2D eigenvalue weighted by atomic mass is 10.00. The number of carbonyl (C=O) groups is 1. The maximum Gasteiger partial charge on any atom is 0.306 e. The summed E-state index contributed by atoms with van der Waals surface area (Å²) in [6.07, 6.45) is 1.41. The van der Waals surface area contributed by atoms with Gasteiger partial charge in [-0.2, -0.15) is 0 Å². The monoisotopic (exact) mass is 225 g/mol. The SMILES string of the molecule is O=C(CC1CNC1)OCCc1cccs1. The number of rotatable bonds is 5. The lowest BCUT2D eigenvalue weighted by Gasteiger charge is -2.25. The average molecular weight is 225 g/mol. The smallest absolute Gasteiger partial charge is 0.306 e. The van der Waals surface area contributed by atoms with Gasteiger partial charge in [-0.3, -0.25) is 4.79 Å². The molecule has 0 bridgehead atoms. The maximum atomic E-state index is 11.3. The van der Waals surface area contributed by atoms with Crippen molar-refractivity contribution in [1.29, 1.82) is 0 Å². The highest BCUT2D eigenvalue weighted by atomic mass is 32.1. The number of nitrogens with one attached hydrogen (secondary N) is 1. The van der Waals surface area contributed by atoms with Crippen LogP contribution in [-0.2, 0) is 16.0 Å². The molecule has 15 heavy (non-hydrogen) atoms. The highest BCUT2D eigenvalue weighted by Gasteiger charge is 2.20. The van der Waals surface area contributed by atoms with Crippen molar-refractivity contribution in [1.82, 2.24) is 5.32 Å². The molecular formula is C11H15NO2S. The van der Waals surface area contributed by atoms with Gasteiger partial charge in [0, 0.05) is 11.3 Å². The predicted molar refractivity (Wildman–Crippen MR) is 60.0 cm³/mol. The molecule has 0 radical (unpaired) electrons. The standard InChI is InChI=1S/C11H15NO2S/c13-11(6-9-7-12-8-9)14-4-3-10-2-1-5-15-10/h1-2,5,9,12H,3-4,6-8H2. The summed E-state index contributed by atoms with van der Waals surface area (Å²) in [4.78, 5) is 12.6. The molecule has 82 valence electrons. The third-order valence-electron chi connectivity index (χ3n) is 2.51. The van der Waals surface area contributed by atoms with Crippen molar-refractivity contribution in [2.45, 2.75) is 12.8 Å². The van der Waals surface area contributed by atoms with Crippen molar-refractivity contribution < 1.29 is 9.53 Å². The van der Waals surface area contributed by atoms with Gasteiger partial charge in [-0.25, -0.2) is 0 Å². The van der Waals surface area contributed by atoms with Crippen LogP contribution in [0.25, 0.3) is 0 Å². The van der Waals surface area contributed by atoms with Crippen LogP contribution in [0, 0.1) is 5.92 Å². The first kappa shape index (κ1) is 10.6. The Morgan fingerprint density at radius 1 is 1.60 bits per heavy atom. The topological polar surface area (TPSA) is 38.3 Å². The molecule has 0 aliphatic carbocycles. The number of hydrogen-bond donors (Lipinski definition) is 1. The number of hydrogen-bond acceptors (Lipinski definition) is 4. The zero-order valence-corrected chi connectivity index (χ0v) is 9.39. The van der Waals surface area contributed by atoms with Gasteiger partial charge in [0.2, 0.25) is 0 Å². The molecule has 0 saturated carbocycles. The van der Waals surface area contributed by atoms with Crippen molar-refractivity contribution in [2.75, 3.05) is 19.7 Å². The molecule has 2 heterocycles. The molecule has 0 atom stereocenters. The van der Waals surface area contributed by atoms with Crippen LogP contribution >= 0.6 is 11.3 Å². The minimum atomic E-state index is -0.0574. The van der Waals surface area contributed by atoms with Crippen molar-refractivity contribution in [3.8, 4) is 0 Å². The zero-order valence-electron chi connectivity index (χ0n) is 8.57. The third-order valence-corrected chi connectivity index (χ3v) is 3.45. The lowest BCUT2D eigenvalue weighted by molar-refractivity contribution is -0.145. The predicted octanol–water partition coefficient (Wildman–Crippen LogP) is 1.44. The van der Waals surface area contributed by atoms with E-state index in [-0.39, 0.29) is 5.97 Å². The minimum Gasteiger partial charge on any atom is -0.465 e. The number of ether oxygens (including phenoxy) is 1. The number of carbonyl (C=O) groups excluding carboxylic acids is 1. The fourth-order valence-electron chi connectivity index (χ4n) is 1.51. The Balaban J connectivity index is 1.58. The minimum absolute atomic E-state index is 0.0574. The van der Waals surface area contributed by atoms with E-state index in [1.54, 1.807) is 11.3 Å². The maximum absolute atomic E-state index is 11.3. The average Bonchev–Trinajstić information content (AvgIpc) is 2.64. The van der Waals surface area contributed by atoms with E-state index in [2.05, 4.69) is 11.4 Å². The third kappa shape index (κ3) is 3.32. The van der Waals surface area contributed by atoms with E-state index in [9.17, 15) is 4.79 Å². The summed E-state index contributed by atoms with van der Waals surface area (Å²) in [6.45, 7) is 2.43. The van der Waals surface area contributed by atoms with Gasteiger partial charge in [0.25, 0.3) is 0 Å². The Morgan fingerprint density at radius 2 is 2.47 bits per heavy atom. The van der Waals surface area contributed by atoms with Crippen LogP contribution in [0.3, 0.4) is 0 Å². The van der Waals surface area contributed by atoms with Gasteiger partial charge < -0.3 is 10.1 Å². The van der Waals surface area contributed by atoms with Gasteiger partial charge in [-0.15, -0.1) is 11.3 Å². The normalized spacial score (nSPS) is 16.0. The van der Waals surface area contributed by atoms with Crippen LogP contribution in [0.4, 0.5) is 0 Å². The van der Waals surface area contributed by atoms with E-state index in [1.165, 1.54) is 4.88 Å². The largest absolute Gasteiger partial charge is 0.465 e. The molecule has 1 aromatic rings. The molecule has 0 unspecified atom stereocenters. The summed E-state index contributed by atoms with van der Waals surface area (Å²) in [5, 5.41) is 5.18. The Kier molecular flexibility index (Phi) is 3.75. The summed E-state index contributed by atoms with van der Waals surface area (Å²) in [5.41, 5.74) is 0. The van der Waals surface area contributed by atoms with Crippen LogP contribution in [0.15, 0.2) is 17.5 Å². The lowest BCUT2D eigenvalue weighted by Crippen LogP contribution is -2.43. The van der Waals surface area contributed by atoms with Gasteiger partial charge in [0.15, 0.2) is 0 Å². The Labute approximate surface area is 93.4 Å². The van der Waals surface area contributed by atoms with Crippen LogP contribution in [0.2, 0.25) is 0 Å². The molecule has 0 amide bonds. The molecule has 1 saturated heterocycles. The van der Waals surface area contributed by atoms with Gasteiger partial charge in [-0.05, 0) is 30.5 Å². The molecule has 1 aliphatic heterocycles. The van der Waals surface area contributed by atoms with E-state index in [1.807, 2.05) is 11.4 Å². The first-order valence-corrected chi connectivity index (χ1v) is 6.11. The Bertz CT molecular complexity index is 306. The van der Waals surface area contributed by atoms with E-state index < -0.39 is 0 Å². The van der Waals surface area contributed by atoms with Crippen LogP contribution in [0.5, 0.6) is 0 Å². The Hall–Kier alpha value is -0.870. The van der Waals surface area contributed by atoms with Gasteiger partial charge in [-0.1, -0.05) is 6.07 Å². The van der Waals surface area contributed by atoms with Crippen LogP contribution < -0.4 is 5.32 Å². The van der Waals surface area contributed by atoms with Crippen molar-refractivity contribution in [2.24, 2.45) is 5.92 Å². The summed E-state index contributed by atoms with van der Waals surface area (Å²) in [5.74, 6) is 0.442. The van der Waals surface area contributed by atoms with Gasteiger partial charge in [0.05, 0.1) is 13.0 Å². The summed E-state index contributed by atoms with van der Waals surface area (Å²) in [6, 6.07) is 4.08. The number of thiophene rings is 1. The summed E-state index contributed by atoms with van der Waals surface area (Å²) < 4.78 is 5.16. The fourth-order valence-corrected chi connectivity index (χ4v) is 2.20. The van der Waals surface area contributed by atoms with Gasteiger partial charge in [0.1, 0.15) is 0 Å². The second-order valence-corrected chi connectivity index (χ2v) is 4.81. The molecule has 0 aromatic carbocycles. The molecular weight excluding hydrogens is 210 g/mol. The summed E-state index contributed by atoms with van der Waals surface area (Å²) >= 11 is 1.70. The molecule has 0 spiro atoms. The van der Waals surface area contributed by atoms with E-state index in [4.69, 9.17) is 4.74 Å². The molecule has 3 nitrogen and oxygen atoms in total. The molecule has 1 fully saturated rings. The van der Waals surface area contributed by atoms with Gasteiger partial charge >= 0.3 is 5.97 Å². The summed E-state index contributed by atoms with van der Waals surface area (Å²) in [7, 11) is 0. The Morgan fingerprint density at radius 3 is 3.07 bits per heavy atom. The molecule has 1 aromatic heterocycles. The van der Waals surface area contributed by atoms with Crippen LogP contribution in [-0.4, -0.2) is 25.7 Å². The molecule has 1 N–H and O–H groups in total. The first-order chi connectivity index (χ1) is 7.34. The highest BCUT2D eigenvalue weighted by Crippen LogP contribution is 2.11. The quantitative estimate of drug-likeness (QED) is 0.771. The second-order valence-electron chi connectivity index (χ2n) is 3.78. The fraction of sp³-hybridized carbons (Fsp3) is 0.545. The van der Waals surface area contributed by atoms with E-state index in [0.717, 1.165) is 19.5 Å². The zero-order chi connectivity index (χ0) is 10.5. The second kappa shape index (κ2) is 5.28. The molecule has 2 rings (SSSR count). The molecule has 1 aliphatic rings. The van der Waals surface area contributed by atoms with E-state index >= 15 is 0 Å². The van der Waals surface area contributed by atoms with Crippen molar-refractivity contribution >= 4 is 17.3 Å². The number of esters is 1. The van der Waals surface area contributed by atoms with E-state index in [0.29, 0.717) is 18.9 Å². The highest BCUT2D eigenvalue weighted by molar-refractivity contribution is 7.09. The first-order valence-electron chi connectivity index (χ1n) is 5.23. The van der Waals surface area contributed by atoms with Crippen molar-refractivity contribution in [3.63, 3.8) is 0 Å². The van der Waals surface area contributed by atoms with Crippen LogP contribution in [0.1, 0.15) is 11.3 Å². The molecule has 4 heteroatoms. The van der Waals surface area contributed by atoms with Crippen molar-refractivity contribution in [3.05, 3.63) is 22.4 Å².